The number of aromatic nitrogens is 1. The first-order valence-corrected chi connectivity index (χ1v) is 13.1. The fourth-order valence-electron chi connectivity index (χ4n) is 5.92. The van der Waals surface area contributed by atoms with E-state index in [-0.39, 0.29) is 11.8 Å². The predicted octanol–water partition coefficient (Wildman–Crippen LogP) is 4.89. The minimum Gasteiger partial charge on any atom is -0.342 e. The lowest BCUT2D eigenvalue weighted by Gasteiger charge is -2.44. The molecule has 2 aliphatic heterocycles. The molecule has 5 rings (SSSR count). The summed E-state index contributed by atoms with van der Waals surface area (Å²) in [4.78, 5) is 35.6. The van der Waals surface area contributed by atoms with Crippen molar-refractivity contribution in [2.45, 2.75) is 69.7 Å². The second kappa shape index (κ2) is 9.74. The summed E-state index contributed by atoms with van der Waals surface area (Å²) in [5, 5.41) is 2.07. The Morgan fingerprint density at radius 1 is 1.03 bits per heavy atom. The third kappa shape index (κ3) is 4.61. The van der Waals surface area contributed by atoms with Crippen LogP contribution in [0.15, 0.2) is 36.0 Å². The van der Waals surface area contributed by atoms with Gasteiger partial charge in [-0.05, 0) is 68.1 Å². The van der Waals surface area contributed by atoms with Crippen molar-refractivity contribution in [2.24, 2.45) is 5.92 Å². The summed E-state index contributed by atoms with van der Waals surface area (Å²) < 4.78 is 0. The van der Waals surface area contributed by atoms with Crippen LogP contribution in [0.4, 0.5) is 0 Å². The Labute approximate surface area is 194 Å². The van der Waals surface area contributed by atoms with Crippen LogP contribution in [0.3, 0.4) is 0 Å². The maximum Gasteiger partial charge on any atom is 0.254 e. The van der Waals surface area contributed by atoms with Crippen molar-refractivity contribution in [1.29, 1.82) is 0 Å². The first-order valence-electron chi connectivity index (χ1n) is 12.2. The summed E-state index contributed by atoms with van der Waals surface area (Å²) in [5.41, 5.74) is 1.85. The zero-order chi connectivity index (χ0) is 21.9. The zero-order valence-corrected chi connectivity index (χ0v) is 19.6. The number of nitrogens with zero attached hydrogens (tertiary/aromatic N) is 3. The Hall–Kier alpha value is -2.21. The van der Waals surface area contributed by atoms with Crippen molar-refractivity contribution in [2.75, 3.05) is 19.6 Å². The third-order valence-electron chi connectivity index (χ3n) is 7.70. The number of piperidine rings is 2. The summed E-state index contributed by atoms with van der Waals surface area (Å²) in [6.07, 6.45) is 13.4. The maximum atomic E-state index is 13.3. The molecule has 2 amide bonds. The van der Waals surface area contributed by atoms with E-state index in [0.29, 0.717) is 24.3 Å². The van der Waals surface area contributed by atoms with E-state index in [1.54, 1.807) is 23.7 Å². The Morgan fingerprint density at radius 3 is 2.66 bits per heavy atom. The molecule has 6 heteroatoms. The van der Waals surface area contributed by atoms with Gasteiger partial charge in [-0.15, -0.1) is 11.3 Å². The van der Waals surface area contributed by atoms with Crippen molar-refractivity contribution < 1.29 is 9.59 Å². The van der Waals surface area contributed by atoms with Crippen LogP contribution in [0, 0.1) is 5.92 Å². The molecular formula is C26H33N3O2S. The molecule has 3 fully saturated rings. The Kier molecular flexibility index (Phi) is 6.58. The topological polar surface area (TPSA) is 53.5 Å². The van der Waals surface area contributed by atoms with Gasteiger partial charge in [0.25, 0.3) is 5.91 Å². The van der Waals surface area contributed by atoms with Crippen molar-refractivity contribution in [3.05, 3.63) is 52.0 Å². The molecule has 0 aromatic carbocycles. The molecule has 1 aliphatic carbocycles. The minimum atomic E-state index is 0.186. The average molecular weight is 452 g/mol. The minimum absolute atomic E-state index is 0.186. The number of hydrogen-bond acceptors (Lipinski definition) is 4. The summed E-state index contributed by atoms with van der Waals surface area (Å²) >= 11 is 1.73. The molecule has 5 nitrogen and oxygen atoms in total. The number of carbonyl (C=O) groups excluding carboxylic acids is 2. The van der Waals surface area contributed by atoms with Gasteiger partial charge in [-0.2, -0.15) is 0 Å². The molecule has 2 unspecified atom stereocenters. The highest BCUT2D eigenvalue weighted by molar-refractivity contribution is 7.10. The van der Waals surface area contributed by atoms with Crippen LogP contribution in [0.1, 0.15) is 78.1 Å². The number of amides is 2. The quantitative estimate of drug-likeness (QED) is 0.665. The molecule has 0 N–H and O–H groups in total. The molecule has 2 saturated heterocycles. The summed E-state index contributed by atoms with van der Waals surface area (Å²) in [7, 11) is 0. The molecule has 2 atom stereocenters. The van der Waals surface area contributed by atoms with E-state index in [0.717, 1.165) is 50.0 Å². The smallest absolute Gasteiger partial charge is 0.254 e. The van der Waals surface area contributed by atoms with Crippen LogP contribution in [-0.4, -0.2) is 52.3 Å². The third-order valence-corrected chi connectivity index (χ3v) is 8.79. The van der Waals surface area contributed by atoms with Crippen molar-refractivity contribution >= 4 is 23.2 Å². The first kappa shape index (κ1) is 21.6. The normalized spacial score (nSPS) is 24.2. The number of thiophene rings is 1. The van der Waals surface area contributed by atoms with Gasteiger partial charge in [0.2, 0.25) is 5.91 Å². The Bertz CT molecular complexity index is 934. The van der Waals surface area contributed by atoms with Gasteiger partial charge in [-0.3, -0.25) is 14.6 Å². The van der Waals surface area contributed by atoms with Crippen LogP contribution in [0.25, 0.3) is 0 Å². The number of rotatable bonds is 4. The number of carbonyl (C=O) groups is 2. The Balaban J connectivity index is 1.17. The SMILES string of the molecule is O=C(Cc1cccnc1)N1CCC(c2cc(C(=O)N3CCCC4CCCCC43)cs2)CC1. The summed E-state index contributed by atoms with van der Waals surface area (Å²) in [6, 6.07) is 6.45. The molecular weight excluding hydrogens is 418 g/mol. The summed E-state index contributed by atoms with van der Waals surface area (Å²) in [6.45, 7) is 2.50. The number of pyridine rings is 1. The van der Waals surface area contributed by atoms with Gasteiger partial charge in [0.05, 0.1) is 12.0 Å². The fourth-order valence-corrected chi connectivity index (χ4v) is 6.98. The van der Waals surface area contributed by atoms with E-state index >= 15 is 0 Å². The highest BCUT2D eigenvalue weighted by atomic mass is 32.1. The van der Waals surface area contributed by atoms with E-state index in [1.165, 1.54) is 37.0 Å². The van der Waals surface area contributed by atoms with Crippen LogP contribution >= 0.6 is 11.3 Å². The van der Waals surface area contributed by atoms with Crippen LogP contribution in [-0.2, 0) is 11.2 Å². The number of hydrogen-bond donors (Lipinski definition) is 0. The number of fused-ring (bicyclic) bond motifs is 1. The van der Waals surface area contributed by atoms with Gasteiger partial charge >= 0.3 is 0 Å². The van der Waals surface area contributed by atoms with Gasteiger partial charge in [-0.1, -0.05) is 18.9 Å². The van der Waals surface area contributed by atoms with Crippen molar-refractivity contribution in [1.82, 2.24) is 14.8 Å². The van der Waals surface area contributed by atoms with Crippen LogP contribution < -0.4 is 0 Å². The van der Waals surface area contributed by atoms with Gasteiger partial charge in [0.15, 0.2) is 0 Å². The zero-order valence-electron chi connectivity index (χ0n) is 18.7. The van der Waals surface area contributed by atoms with Gasteiger partial charge in [-0.25, -0.2) is 0 Å². The van der Waals surface area contributed by atoms with Crippen molar-refractivity contribution in [3.63, 3.8) is 0 Å². The second-order valence-corrected chi connectivity index (χ2v) is 10.6. The molecule has 32 heavy (non-hydrogen) atoms. The molecule has 2 aromatic rings. The lowest BCUT2D eigenvalue weighted by Crippen LogP contribution is -2.49. The molecule has 0 spiro atoms. The summed E-state index contributed by atoms with van der Waals surface area (Å²) in [5.74, 6) is 1.60. The van der Waals surface area contributed by atoms with E-state index < -0.39 is 0 Å². The highest BCUT2D eigenvalue weighted by Crippen LogP contribution is 2.37. The largest absolute Gasteiger partial charge is 0.342 e. The van der Waals surface area contributed by atoms with E-state index in [4.69, 9.17) is 0 Å². The fraction of sp³-hybridized carbons (Fsp3) is 0.577. The molecule has 3 aliphatic rings. The van der Waals surface area contributed by atoms with E-state index in [1.807, 2.05) is 17.0 Å². The number of likely N-dealkylation sites (tertiary alicyclic amines) is 2. The van der Waals surface area contributed by atoms with Gasteiger partial charge in [0.1, 0.15) is 0 Å². The van der Waals surface area contributed by atoms with Crippen molar-refractivity contribution in [3.8, 4) is 0 Å². The maximum absolute atomic E-state index is 13.3. The van der Waals surface area contributed by atoms with Gasteiger partial charge in [0, 0.05) is 48.3 Å². The predicted molar refractivity (Wildman–Crippen MR) is 127 cm³/mol. The molecule has 0 radical (unpaired) electrons. The highest BCUT2D eigenvalue weighted by Gasteiger charge is 2.36. The molecule has 0 bridgehead atoms. The van der Waals surface area contributed by atoms with E-state index in [9.17, 15) is 9.59 Å². The average Bonchev–Trinajstić information content (AvgIpc) is 3.34. The lowest BCUT2D eigenvalue weighted by atomic mass is 9.78. The first-order chi connectivity index (χ1) is 15.7. The molecule has 170 valence electrons. The lowest BCUT2D eigenvalue weighted by molar-refractivity contribution is -0.131. The second-order valence-electron chi connectivity index (χ2n) is 9.68. The monoisotopic (exact) mass is 451 g/mol. The van der Waals surface area contributed by atoms with Gasteiger partial charge < -0.3 is 9.80 Å². The van der Waals surface area contributed by atoms with E-state index in [2.05, 4.69) is 21.3 Å². The Morgan fingerprint density at radius 2 is 1.84 bits per heavy atom. The molecule has 2 aromatic heterocycles. The van der Waals surface area contributed by atoms with Crippen LogP contribution in [0.2, 0.25) is 0 Å². The molecule has 4 heterocycles. The van der Waals surface area contributed by atoms with Crippen LogP contribution in [0.5, 0.6) is 0 Å². The molecule has 1 saturated carbocycles. The standard InChI is InChI=1S/C26H33N3O2S/c30-25(15-19-5-3-11-27-17-19)28-13-9-21(10-14-28)24-16-22(18-32-24)26(31)29-12-4-7-20-6-1-2-8-23(20)29/h3,5,11,16-18,20-21,23H,1-2,4,6-10,12-15H2.